The third-order valence-corrected chi connectivity index (χ3v) is 3.39. The molecule has 19 heavy (non-hydrogen) atoms. The van der Waals surface area contributed by atoms with Gasteiger partial charge in [-0.25, -0.2) is 0 Å². The van der Waals surface area contributed by atoms with Crippen molar-refractivity contribution in [2.75, 3.05) is 5.75 Å². The van der Waals surface area contributed by atoms with Gasteiger partial charge in [-0.15, -0.1) is 0 Å². The number of hydrogen-bond donors (Lipinski definition) is 0. The molecule has 0 bridgehead atoms. The molecule has 1 aromatic carbocycles. The summed E-state index contributed by atoms with van der Waals surface area (Å²) in [5, 5.41) is 0.103. The Morgan fingerprint density at radius 3 is 2.63 bits per heavy atom. The lowest BCUT2D eigenvalue weighted by Crippen LogP contribution is -2.04. The minimum atomic E-state index is -4.38. The van der Waals surface area contributed by atoms with Gasteiger partial charge in [0.25, 0.3) is 0 Å². The van der Waals surface area contributed by atoms with Gasteiger partial charge in [-0.1, -0.05) is 41.6 Å². The van der Waals surface area contributed by atoms with Crippen molar-refractivity contribution < 1.29 is 18.0 Å². The average Bonchev–Trinajstić information content (AvgIpc) is 2.28. The predicted molar refractivity (Wildman–Crippen MR) is 73.2 cm³/mol. The fourth-order valence-corrected chi connectivity index (χ4v) is 2.10. The molecule has 0 unspecified atom stereocenters. The maximum atomic E-state index is 12.4. The first-order valence-corrected chi connectivity index (χ1v) is 6.83. The second-order valence-electron chi connectivity index (χ2n) is 3.77. The van der Waals surface area contributed by atoms with Crippen LogP contribution < -0.4 is 0 Å². The lowest BCUT2D eigenvalue weighted by Gasteiger charge is -2.07. The number of thioether (sulfide) groups is 1. The highest BCUT2D eigenvalue weighted by Crippen LogP contribution is 2.32. The monoisotopic (exact) mass is 308 g/mol. The molecular weight excluding hydrogens is 297 g/mol. The Kier molecular flexibility index (Phi) is 5.94. The summed E-state index contributed by atoms with van der Waals surface area (Å²) in [7, 11) is 0. The average molecular weight is 309 g/mol. The SMILES string of the molecule is CC(=O)SCCC=Cc1ccc(C(F)(F)F)cc1Cl. The van der Waals surface area contributed by atoms with Crippen LogP contribution in [0.1, 0.15) is 24.5 Å². The quantitative estimate of drug-likeness (QED) is 0.725. The van der Waals surface area contributed by atoms with Crippen LogP contribution in [0, 0.1) is 0 Å². The van der Waals surface area contributed by atoms with Crippen LogP contribution in [-0.4, -0.2) is 10.9 Å². The van der Waals surface area contributed by atoms with Crippen molar-refractivity contribution in [1.29, 1.82) is 0 Å². The number of hydrogen-bond acceptors (Lipinski definition) is 2. The van der Waals surface area contributed by atoms with Crippen LogP contribution in [0.25, 0.3) is 6.08 Å². The van der Waals surface area contributed by atoms with E-state index in [1.165, 1.54) is 24.8 Å². The molecule has 0 N–H and O–H groups in total. The van der Waals surface area contributed by atoms with Gasteiger partial charge in [0.1, 0.15) is 0 Å². The first-order valence-electron chi connectivity index (χ1n) is 5.47. The van der Waals surface area contributed by atoms with Gasteiger partial charge >= 0.3 is 6.18 Å². The number of carbonyl (C=O) groups is 1. The van der Waals surface area contributed by atoms with Gasteiger partial charge in [0, 0.05) is 17.7 Å². The summed E-state index contributed by atoms with van der Waals surface area (Å²) in [6, 6.07) is 3.24. The van der Waals surface area contributed by atoms with Crippen LogP contribution in [0.4, 0.5) is 13.2 Å². The van der Waals surface area contributed by atoms with Gasteiger partial charge < -0.3 is 0 Å². The van der Waals surface area contributed by atoms with Crippen molar-refractivity contribution in [2.24, 2.45) is 0 Å². The highest BCUT2D eigenvalue weighted by atomic mass is 35.5. The Labute approximate surface area is 118 Å². The molecule has 0 fully saturated rings. The molecule has 0 saturated carbocycles. The van der Waals surface area contributed by atoms with E-state index in [4.69, 9.17) is 11.6 Å². The molecule has 1 aromatic rings. The zero-order chi connectivity index (χ0) is 14.5. The molecule has 0 atom stereocenters. The summed E-state index contributed by atoms with van der Waals surface area (Å²) in [4.78, 5) is 10.7. The number of halogens is 4. The summed E-state index contributed by atoms with van der Waals surface area (Å²) >= 11 is 6.99. The summed E-state index contributed by atoms with van der Waals surface area (Å²) in [6.45, 7) is 1.49. The minimum absolute atomic E-state index is 0.0426. The number of allylic oxidation sites excluding steroid dienone is 1. The van der Waals surface area contributed by atoms with Crippen LogP contribution in [-0.2, 0) is 11.0 Å². The molecule has 0 aliphatic heterocycles. The van der Waals surface area contributed by atoms with Crippen molar-refractivity contribution in [3.8, 4) is 0 Å². The van der Waals surface area contributed by atoms with Crippen LogP contribution in [0.5, 0.6) is 0 Å². The minimum Gasteiger partial charge on any atom is -0.288 e. The van der Waals surface area contributed by atoms with Crippen LogP contribution in [0.15, 0.2) is 24.3 Å². The first kappa shape index (κ1) is 16.1. The Bertz CT molecular complexity index is 483. The number of alkyl halides is 3. The van der Waals surface area contributed by atoms with Gasteiger partial charge in [-0.05, 0) is 24.1 Å². The fraction of sp³-hybridized carbons (Fsp3) is 0.308. The molecule has 6 heteroatoms. The number of rotatable bonds is 4. The lowest BCUT2D eigenvalue weighted by molar-refractivity contribution is -0.137. The van der Waals surface area contributed by atoms with Crippen molar-refractivity contribution >= 4 is 34.6 Å². The number of carbonyl (C=O) groups excluding carboxylic acids is 1. The standard InChI is InChI=1S/C13H12ClF3OS/c1-9(18)19-7-3-2-4-10-5-6-11(8-12(10)14)13(15,16)17/h2,4-6,8H,3,7H2,1H3. The van der Waals surface area contributed by atoms with E-state index < -0.39 is 11.7 Å². The van der Waals surface area contributed by atoms with Gasteiger partial charge in [-0.2, -0.15) is 13.2 Å². The van der Waals surface area contributed by atoms with E-state index in [9.17, 15) is 18.0 Å². The van der Waals surface area contributed by atoms with Gasteiger partial charge in [0.2, 0.25) is 0 Å². The maximum absolute atomic E-state index is 12.4. The molecular formula is C13H12ClF3OS. The van der Waals surface area contributed by atoms with E-state index in [0.717, 1.165) is 12.1 Å². The molecule has 0 heterocycles. The van der Waals surface area contributed by atoms with Crippen molar-refractivity contribution in [1.82, 2.24) is 0 Å². The molecule has 0 radical (unpaired) electrons. The van der Waals surface area contributed by atoms with Crippen molar-refractivity contribution in [2.45, 2.75) is 19.5 Å². The molecule has 0 amide bonds. The number of benzene rings is 1. The van der Waals surface area contributed by atoms with Crippen molar-refractivity contribution in [3.63, 3.8) is 0 Å². The highest BCUT2D eigenvalue weighted by Gasteiger charge is 2.30. The smallest absolute Gasteiger partial charge is 0.288 e. The molecule has 1 nitrogen and oxygen atoms in total. The van der Waals surface area contributed by atoms with Gasteiger partial charge in [0.15, 0.2) is 5.12 Å². The van der Waals surface area contributed by atoms with E-state index in [1.807, 2.05) is 0 Å². The topological polar surface area (TPSA) is 17.1 Å². The van der Waals surface area contributed by atoms with Crippen molar-refractivity contribution in [3.05, 3.63) is 40.4 Å². The fourth-order valence-electron chi connectivity index (χ4n) is 1.32. The summed E-state index contributed by atoms with van der Waals surface area (Å²) < 4.78 is 37.2. The van der Waals surface area contributed by atoms with E-state index >= 15 is 0 Å². The van der Waals surface area contributed by atoms with E-state index in [0.29, 0.717) is 17.7 Å². The van der Waals surface area contributed by atoms with Crippen LogP contribution >= 0.6 is 23.4 Å². The van der Waals surface area contributed by atoms with E-state index in [-0.39, 0.29) is 10.1 Å². The van der Waals surface area contributed by atoms with Crippen LogP contribution in [0.2, 0.25) is 5.02 Å². The maximum Gasteiger partial charge on any atom is 0.416 e. The first-order chi connectivity index (χ1) is 8.80. The predicted octanol–water partition coefficient (Wildman–Crippen LogP) is 5.04. The molecule has 0 aliphatic carbocycles. The molecule has 0 aromatic heterocycles. The van der Waals surface area contributed by atoms with Gasteiger partial charge in [-0.3, -0.25) is 4.79 Å². The summed E-state index contributed by atoms with van der Waals surface area (Å²) in [5.74, 6) is 0.643. The highest BCUT2D eigenvalue weighted by molar-refractivity contribution is 8.13. The third-order valence-electron chi connectivity index (χ3n) is 2.22. The normalized spacial score (nSPS) is 12.1. The Morgan fingerprint density at radius 1 is 1.42 bits per heavy atom. The molecule has 0 spiro atoms. The molecule has 0 aliphatic rings. The lowest BCUT2D eigenvalue weighted by atomic mass is 10.1. The molecule has 1 rings (SSSR count). The van der Waals surface area contributed by atoms with Crippen LogP contribution in [0.3, 0.4) is 0 Å². The summed E-state index contributed by atoms with van der Waals surface area (Å²) in [6.07, 6.45) is -0.292. The second kappa shape index (κ2) is 7.01. The van der Waals surface area contributed by atoms with E-state index in [1.54, 1.807) is 12.2 Å². The zero-order valence-corrected chi connectivity index (χ0v) is 11.7. The molecule has 0 saturated heterocycles. The zero-order valence-electron chi connectivity index (χ0n) is 10.1. The second-order valence-corrected chi connectivity index (χ2v) is 5.44. The van der Waals surface area contributed by atoms with Gasteiger partial charge in [0.05, 0.1) is 5.56 Å². The molecule has 104 valence electrons. The Hall–Kier alpha value is -0.940. The largest absolute Gasteiger partial charge is 0.416 e. The third kappa shape index (κ3) is 5.70. The van der Waals surface area contributed by atoms with E-state index in [2.05, 4.69) is 0 Å². The Morgan fingerprint density at radius 2 is 2.11 bits per heavy atom. The summed E-state index contributed by atoms with van der Waals surface area (Å²) in [5.41, 5.74) is -0.232. The Balaban J connectivity index is 2.65.